The monoisotopic (exact) mass is 391 g/mol. The van der Waals surface area contributed by atoms with Crippen LogP contribution in [0.15, 0.2) is 24.3 Å². The van der Waals surface area contributed by atoms with E-state index in [0.717, 1.165) is 30.6 Å². The maximum absolute atomic E-state index is 12.5. The van der Waals surface area contributed by atoms with Crippen molar-refractivity contribution in [2.75, 3.05) is 32.7 Å². The van der Waals surface area contributed by atoms with E-state index in [1.54, 1.807) is 0 Å². The van der Waals surface area contributed by atoms with E-state index in [4.69, 9.17) is 9.84 Å². The number of ether oxygens (including phenoxy) is 1. The number of hydrogen-bond donors (Lipinski definition) is 2. The number of likely N-dealkylation sites (N-methyl/N-ethyl adjacent to an activating group) is 1. The van der Waals surface area contributed by atoms with E-state index in [1.165, 1.54) is 0 Å². The van der Waals surface area contributed by atoms with Crippen molar-refractivity contribution in [2.24, 2.45) is 0 Å². The van der Waals surface area contributed by atoms with Gasteiger partial charge in [0.25, 0.3) is 0 Å². The SMILES string of the molecule is CCC(CNC(=O)N1CCC(N(CC)CC(=O)O)CC1)Oc1cccc(C)c1. The number of carboxylic acids is 1. The molecule has 0 aliphatic carbocycles. The fraction of sp³-hybridized carbons (Fsp3) is 0.619. The number of nitrogens with zero attached hydrogens (tertiary/aromatic N) is 2. The molecular formula is C21H33N3O4. The van der Waals surface area contributed by atoms with Gasteiger partial charge in [0.2, 0.25) is 0 Å². The van der Waals surface area contributed by atoms with Crippen LogP contribution in [0, 0.1) is 6.92 Å². The van der Waals surface area contributed by atoms with Crippen LogP contribution in [0.3, 0.4) is 0 Å². The molecular weight excluding hydrogens is 358 g/mol. The van der Waals surface area contributed by atoms with Crippen LogP contribution in [0.25, 0.3) is 0 Å². The number of piperidine rings is 1. The standard InChI is InChI=1S/C21H33N3O4/c1-4-18(28-19-8-6-7-16(3)13-19)14-22-21(27)24-11-9-17(10-12-24)23(5-2)15-20(25)26/h6-8,13,17-18H,4-5,9-12,14-15H2,1-3H3,(H,22,27)(H,25,26). The van der Waals surface area contributed by atoms with Crippen molar-refractivity contribution in [2.45, 2.75) is 52.2 Å². The molecule has 2 N–H and O–H groups in total. The van der Waals surface area contributed by atoms with Crippen molar-refractivity contribution < 1.29 is 19.4 Å². The lowest BCUT2D eigenvalue weighted by Gasteiger charge is -2.37. The number of urea groups is 1. The fourth-order valence-electron chi connectivity index (χ4n) is 3.57. The number of aryl methyl sites for hydroxylation is 1. The summed E-state index contributed by atoms with van der Waals surface area (Å²) in [6.07, 6.45) is 2.32. The minimum absolute atomic E-state index is 0.0574. The van der Waals surface area contributed by atoms with E-state index in [0.29, 0.717) is 26.2 Å². The number of rotatable bonds is 9. The quantitative estimate of drug-likeness (QED) is 0.676. The molecule has 1 fully saturated rings. The summed E-state index contributed by atoms with van der Waals surface area (Å²) in [4.78, 5) is 27.3. The van der Waals surface area contributed by atoms with Gasteiger partial charge in [0.05, 0.1) is 13.1 Å². The number of likely N-dealkylation sites (tertiary alicyclic amines) is 1. The molecule has 1 aromatic carbocycles. The summed E-state index contributed by atoms with van der Waals surface area (Å²) in [7, 11) is 0. The Morgan fingerprint density at radius 3 is 2.61 bits per heavy atom. The Labute approximate surface area is 167 Å². The van der Waals surface area contributed by atoms with Crippen molar-refractivity contribution in [3.8, 4) is 5.75 Å². The number of hydrogen-bond acceptors (Lipinski definition) is 4. The van der Waals surface area contributed by atoms with Crippen LogP contribution in [-0.4, -0.2) is 71.8 Å². The van der Waals surface area contributed by atoms with Crippen LogP contribution in [0.5, 0.6) is 5.75 Å². The third-order valence-corrected chi connectivity index (χ3v) is 5.24. The minimum atomic E-state index is -0.804. The number of aliphatic carboxylic acids is 1. The zero-order valence-electron chi connectivity index (χ0n) is 17.2. The van der Waals surface area contributed by atoms with Crippen molar-refractivity contribution in [3.05, 3.63) is 29.8 Å². The molecule has 1 heterocycles. The lowest BCUT2D eigenvalue weighted by molar-refractivity contribution is -0.139. The van der Waals surface area contributed by atoms with Gasteiger partial charge in [0, 0.05) is 19.1 Å². The molecule has 1 saturated heterocycles. The number of carbonyl (C=O) groups excluding carboxylic acids is 1. The Balaban J connectivity index is 1.77. The normalized spacial score (nSPS) is 16.1. The van der Waals surface area contributed by atoms with Crippen LogP contribution < -0.4 is 10.1 Å². The fourth-order valence-corrected chi connectivity index (χ4v) is 3.57. The van der Waals surface area contributed by atoms with E-state index >= 15 is 0 Å². The Morgan fingerprint density at radius 2 is 2.04 bits per heavy atom. The highest BCUT2D eigenvalue weighted by Crippen LogP contribution is 2.17. The topological polar surface area (TPSA) is 82.1 Å². The lowest BCUT2D eigenvalue weighted by atomic mass is 10.0. The van der Waals surface area contributed by atoms with Crippen LogP contribution in [0.1, 0.15) is 38.7 Å². The van der Waals surface area contributed by atoms with E-state index < -0.39 is 5.97 Å². The molecule has 1 aliphatic heterocycles. The van der Waals surface area contributed by atoms with Crippen LogP contribution in [0.4, 0.5) is 4.79 Å². The lowest BCUT2D eigenvalue weighted by Crippen LogP contribution is -2.51. The van der Waals surface area contributed by atoms with Gasteiger partial charge in [-0.3, -0.25) is 9.69 Å². The molecule has 28 heavy (non-hydrogen) atoms. The van der Waals surface area contributed by atoms with Crippen LogP contribution in [-0.2, 0) is 4.79 Å². The van der Waals surface area contributed by atoms with Gasteiger partial charge in [0.1, 0.15) is 11.9 Å². The van der Waals surface area contributed by atoms with Crippen molar-refractivity contribution in [3.63, 3.8) is 0 Å². The molecule has 0 aromatic heterocycles. The highest BCUT2D eigenvalue weighted by atomic mass is 16.5. The average molecular weight is 392 g/mol. The second kappa shape index (κ2) is 10.9. The first-order valence-electron chi connectivity index (χ1n) is 10.1. The van der Waals surface area contributed by atoms with E-state index in [-0.39, 0.29) is 24.7 Å². The van der Waals surface area contributed by atoms with Crippen molar-refractivity contribution >= 4 is 12.0 Å². The van der Waals surface area contributed by atoms with Crippen LogP contribution >= 0.6 is 0 Å². The number of carboxylic acid groups (broad SMARTS) is 1. The van der Waals surface area contributed by atoms with Gasteiger partial charge in [-0.25, -0.2) is 4.79 Å². The Hall–Kier alpha value is -2.28. The van der Waals surface area contributed by atoms with Crippen LogP contribution in [0.2, 0.25) is 0 Å². The number of carbonyl (C=O) groups is 2. The Bertz CT molecular complexity index is 644. The predicted molar refractivity (Wildman–Crippen MR) is 109 cm³/mol. The summed E-state index contributed by atoms with van der Waals surface area (Å²) in [5.74, 6) is 0.0150. The molecule has 1 aliphatic rings. The molecule has 2 amide bonds. The third-order valence-electron chi connectivity index (χ3n) is 5.24. The summed E-state index contributed by atoms with van der Waals surface area (Å²) in [6, 6.07) is 8.05. The molecule has 0 saturated carbocycles. The molecule has 0 spiro atoms. The summed E-state index contributed by atoms with van der Waals surface area (Å²) in [5.41, 5.74) is 1.14. The van der Waals surface area contributed by atoms with Gasteiger partial charge < -0.3 is 20.1 Å². The van der Waals surface area contributed by atoms with Gasteiger partial charge in [-0.2, -0.15) is 0 Å². The summed E-state index contributed by atoms with van der Waals surface area (Å²) in [6.45, 7) is 8.55. The van der Waals surface area contributed by atoms with Crippen molar-refractivity contribution in [1.82, 2.24) is 15.1 Å². The first-order chi connectivity index (χ1) is 13.4. The molecule has 0 bridgehead atoms. The van der Waals surface area contributed by atoms with Crippen molar-refractivity contribution in [1.29, 1.82) is 0 Å². The first-order valence-corrected chi connectivity index (χ1v) is 10.1. The highest BCUT2D eigenvalue weighted by Gasteiger charge is 2.27. The smallest absolute Gasteiger partial charge is 0.317 e. The molecule has 1 atom stereocenters. The molecule has 7 nitrogen and oxygen atoms in total. The predicted octanol–water partition coefficient (Wildman–Crippen LogP) is 2.73. The van der Waals surface area contributed by atoms with E-state index in [9.17, 15) is 9.59 Å². The molecule has 1 aromatic rings. The highest BCUT2D eigenvalue weighted by molar-refractivity contribution is 5.74. The Kier molecular flexibility index (Phi) is 8.57. The van der Waals surface area contributed by atoms with Gasteiger partial charge in [-0.1, -0.05) is 26.0 Å². The third kappa shape index (κ3) is 6.71. The van der Waals surface area contributed by atoms with Gasteiger partial charge in [-0.15, -0.1) is 0 Å². The minimum Gasteiger partial charge on any atom is -0.489 e. The number of amides is 2. The summed E-state index contributed by atoms with van der Waals surface area (Å²) >= 11 is 0. The second-order valence-electron chi connectivity index (χ2n) is 7.33. The molecule has 156 valence electrons. The van der Waals surface area contributed by atoms with Gasteiger partial charge >= 0.3 is 12.0 Å². The van der Waals surface area contributed by atoms with Gasteiger partial charge in [-0.05, 0) is 50.4 Å². The van der Waals surface area contributed by atoms with E-state index in [2.05, 4.69) is 5.32 Å². The van der Waals surface area contributed by atoms with E-state index in [1.807, 2.05) is 54.8 Å². The average Bonchev–Trinajstić information content (AvgIpc) is 2.69. The first kappa shape index (κ1) is 22.0. The zero-order valence-corrected chi connectivity index (χ0v) is 17.2. The number of nitrogens with one attached hydrogen (secondary N) is 1. The largest absolute Gasteiger partial charge is 0.489 e. The maximum Gasteiger partial charge on any atom is 0.317 e. The zero-order chi connectivity index (χ0) is 20.5. The molecule has 7 heteroatoms. The maximum atomic E-state index is 12.5. The molecule has 0 radical (unpaired) electrons. The second-order valence-corrected chi connectivity index (χ2v) is 7.33. The van der Waals surface area contributed by atoms with Gasteiger partial charge in [0.15, 0.2) is 0 Å². The summed E-state index contributed by atoms with van der Waals surface area (Å²) in [5, 5.41) is 12.0. The Morgan fingerprint density at radius 1 is 1.32 bits per heavy atom. The summed E-state index contributed by atoms with van der Waals surface area (Å²) < 4.78 is 5.99. The molecule has 1 unspecified atom stereocenters. The molecule has 2 rings (SSSR count). The number of benzene rings is 1.